The van der Waals surface area contributed by atoms with E-state index in [0.29, 0.717) is 11.4 Å². The Bertz CT molecular complexity index is 433. The molecule has 104 valence electrons. The number of benzene rings is 1. The van der Waals surface area contributed by atoms with E-state index in [4.69, 9.17) is 11.6 Å². The lowest BCUT2D eigenvalue weighted by atomic mass is 10.1. The zero-order valence-electron chi connectivity index (χ0n) is 10.8. The summed E-state index contributed by atoms with van der Waals surface area (Å²) < 4.78 is 0. The van der Waals surface area contributed by atoms with Gasteiger partial charge in [0, 0.05) is 43.1 Å². The molecule has 0 bridgehead atoms. The van der Waals surface area contributed by atoms with E-state index in [1.165, 1.54) is 0 Å². The third-order valence-corrected chi connectivity index (χ3v) is 3.96. The van der Waals surface area contributed by atoms with E-state index in [1.54, 1.807) is 0 Å². The van der Waals surface area contributed by atoms with E-state index >= 15 is 0 Å². The molecular formula is C14H18BrClN2O. The summed E-state index contributed by atoms with van der Waals surface area (Å²) in [5.41, 5.74) is 0.986. The van der Waals surface area contributed by atoms with Gasteiger partial charge in [-0.15, -0.1) is 0 Å². The van der Waals surface area contributed by atoms with Crippen molar-refractivity contribution in [3.8, 4) is 0 Å². The molecule has 0 spiro atoms. The topological polar surface area (TPSA) is 23.6 Å². The van der Waals surface area contributed by atoms with Crippen molar-refractivity contribution in [2.45, 2.75) is 6.42 Å². The Labute approximate surface area is 127 Å². The van der Waals surface area contributed by atoms with Gasteiger partial charge in [-0.3, -0.25) is 9.69 Å². The predicted octanol–water partition coefficient (Wildman–Crippen LogP) is 2.42. The van der Waals surface area contributed by atoms with E-state index in [0.717, 1.165) is 43.6 Å². The maximum atomic E-state index is 12.2. The monoisotopic (exact) mass is 344 g/mol. The largest absolute Gasteiger partial charge is 0.340 e. The summed E-state index contributed by atoms with van der Waals surface area (Å²) in [4.78, 5) is 16.5. The van der Waals surface area contributed by atoms with Crippen molar-refractivity contribution in [1.29, 1.82) is 0 Å². The summed E-state index contributed by atoms with van der Waals surface area (Å²) in [6.45, 7) is 4.63. The molecule has 0 aromatic heterocycles. The average Bonchev–Trinajstić information content (AvgIpc) is 2.40. The van der Waals surface area contributed by atoms with Crippen molar-refractivity contribution in [3.05, 3.63) is 34.9 Å². The predicted molar refractivity (Wildman–Crippen MR) is 82.0 cm³/mol. The molecule has 0 aliphatic carbocycles. The Kier molecular flexibility index (Phi) is 5.67. The zero-order valence-corrected chi connectivity index (χ0v) is 13.2. The lowest BCUT2D eigenvalue weighted by Gasteiger charge is -2.34. The molecule has 3 nitrogen and oxygen atoms in total. The SMILES string of the molecule is O=C(Cc1cccc(Cl)c1)N1CCN(CCBr)CC1. The van der Waals surface area contributed by atoms with Crippen molar-refractivity contribution < 1.29 is 4.79 Å². The lowest BCUT2D eigenvalue weighted by Crippen LogP contribution is -2.49. The van der Waals surface area contributed by atoms with Crippen molar-refractivity contribution in [1.82, 2.24) is 9.80 Å². The maximum absolute atomic E-state index is 12.2. The van der Waals surface area contributed by atoms with Gasteiger partial charge in [0.2, 0.25) is 5.91 Å². The van der Waals surface area contributed by atoms with Crippen LogP contribution in [0, 0.1) is 0 Å². The molecule has 1 heterocycles. The van der Waals surface area contributed by atoms with Gasteiger partial charge in [-0.1, -0.05) is 39.7 Å². The first-order valence-corrected chi connectivity index (χ1v) is 7.99. The number of carbonyl (C=O) groups excluding carboxylic acids is 1. The highest BCUT2D eigenvalue weighted by Crippen LogP contribution is 2.12. The van der Waals surface area contributed by atoms with Crippen LogP contribution in [0.25, 0.3) is 0 Å². The molecule has 1 aromatic carbocycles. The molecule has 1 aliphatic rings. The molecule has 1 fully saturated rings. The summed E-state index contributed by atoms with van der Waals surface area (Å²) in [6, 6.07) is 7.53. The normalized spacial score (nSPS) is 16.6. The quantitative estimate of drug-likeness (QED) is 0.783. The highest BCUT2D eigenvalue weighted by molar-refractivity contribution is 9.09. The van der Waals surface area contributed by atoms with E-state index in [-0.39, 0.29) is 5.91 Å². The summed E-state index contributed by atoms with van der Waals surface area (Å²) in [5.74, 6) is 0.195. The number of halogens is 2. The Hall–Kier alpha value is -0.580. The maximum Gasteiger partial charge on any atom is 0.227 e. The summed E-state index contributed by atoms with van der Waals surface area (Å²) in [6.07, 6.45) is 0.443. The number of carbonyl (C=O) groups is 1. The highest BCUT2D eigenvalue weighted by Gasteiger charge is 2.20. The Morgan fingerprint density at radius 3 is 2.63 bits per heavy atom. The van der Waals surface area contributed by atoms with Crippen molar-refractivity contribution in [3.63, 3.8) is 0 Å². The molecule has 1 saturated heterocycles. The number of hydrogen-bond acceptors (Lipinski definition) is 2. The Morgan fingerprint density at radius 1 is 1.26 bits per heavy atom. The Morgan fingerprint density at radius 2 is 2.00 bits per heavy atom. The molecule has 0 saturated carbocycles. The standard InChI is InChI=1S/C14H18BrClN2O/c15-4-5-17-6-8-18(9-7-17)14(19)11-12-2-1-3-13(16)10-12/h1-3,10H,4-9,11H2. The van der Waals surface area contributed by atoms with Crippen LogP contribution in [0.2, 0.25) is 5.02 Å². The fourth-order valence-corrected chi connectivity index (χ4v) is 2.99. The van der Waals surface area contributed by atoms with Crippen LogP contribution in [0.15, 0.2) is 24.3 Å². The fourth-order valence-electron chi connectivity index (χ4n) is 2.27. The number of hydrogen-bond donors (Lipinski definition) is 0. The number of alkyl halides is 1. The molecule has 19 heavy (non-hydrogen) atoms. The first kappa shape index (κ1) is 14.8. The molecule has 2 rings (SSSR count). The van der Waals surface area contributed by atoms with Crippen LogP contribution in [0.1, 0.15) is 5.56 Å². The molecular weight excluding hydrogens is 328 g/mol. The molecule has 1 amide bonds. The van der Waals surface area contributed by atoms with Gasteiger partial charge in [-0.25, -0.2) is 0 Å². The minimum absolute atomic E-state index is 0.195. The van der Waals surface area contributed by atoms with E-state index < -0.39 is 0 Å². The van der Waals surface area contributed by atoms with Crippen LogP contribution in [-0.4, -0.2) is 53.8 Å². The second kappa shape index (κ2) is 7.27. The molecule has 0 N–H and O–H groups in total. The summed E-state index contributed by atoms with van der Waals surface area (Å²) in [7, 11) is 0. The van der Waals surface area contributed by atoms with Crippen LogP contribution >= 0.6 is 27.5 Å². The first-order chi connectivity index (χ1) is 9.19. The Balaban J connectivity index is 1.84. The van der Waals surface area contributed by atoms with Crippen LogP contribution < -0.4 is 0 Å². The van der Waals surface area contributed by atoms with E-state index in [2.05, 4.69) is 20.8 Å². The molecule has 0 unspecified atom stereocenters. The molecule has 0 radical (unpaired) electrons. The zero-order chi connectivity index (χ0) is 13.7. The molecule has 1 aliphatic heterocycles. The minimum Gasteiger partial charge on any atom is -0.340 e. The van der Waals surface area contributed by atoms with Gasteiger partial charge < -0.3 is 4.90 Å². The van der Waals surface area contributed by atoms with E-state index in [1.807, 2.05) is 29.2 Å². The van der Waals surface area contributed by atoms with Crippen LogP contribution in [0.4, 0.5) is 0 Å². The van der Waals surface area contributed by atoms with Gasteiger partial charge in [0.1, 0.15) is 0 Å². The smallest absolute Gasteiger partial charge is 0.227 e. The van der Waals surface area contributed by atoms with Gasteiger partial charge in [-0.05, 0) is 17.7 Å². The van der Waals surface area contributed by atoms with Crippen molar-refractivity contribution in [2.24, 2.45) is 0 Å². The number of nitrogens with zero attached hydrogens (tertiary/aromatic N) is 2. The highest BCUT2D eigenvalue weighted by atomic mass is 79.9. The molecule has 5 heteroatoms. The second-order valence-electron chi connectivity index (χ2n) is 4.72. The van der Waals surface area contributed by atoms with Crippen molar-refractivity contribution in [2.75, 3.05) is 38.1 Å². The fraction of sp³-hybridized carbons (Fsp3) is 0.500. The van der Waals surface area contributed by atoms with Crippen LogP contribution in [0.5, 0.6) is 0 Å². The van der Waals surface area contributed by atoms with Gasteiger partial charge >= 0.3 is 0 Å². The van der Waals surface area contributed by atoms with Crippen LogP contribution in [0.3, 0.4) is 0 Å². The van der Waals surface area contributed by atoms with Crippen molar-refractivity contribution >= 4 is 33.4 Å². The summed E-state index contributed by atoms with van der Waals surface area (Å²) in [5, 5.41) is 1.68. The van der Waals surface area contributed by atoms with Gasteiger partial charge in [-0.2, -0.15) is 0 Å². The number of amides is 1. The van der Waals surface area contributed by atoms with E-state index in [9.17, 15) is 4.79 Å². The van der Waals surface area contributed by atoms with Gasteiger partial charge in [0.15, 0.2) is 0 Å². The third-order valence-electron chi connectivity index (χ3n) is 3.37. The molecule has 0 atom stereocenters. The lowest BCUT2D eigenvalue weighted by molar-refractivity contribution is -0.132. The summed E-state index contributed by atoms with van der Waals surface area (Å²) >= 11 is 9.38. The van der Waals surface area contributed by atoms with Gasteiger partial charge in [0.05, 0.1) is 6.42 Å². The minimum atomic E-state index is 0.195. The van der Waals surface area contributed by atoms with Gasteiger partial charge in [0.25, 0.3) is 0 Å². The third kappa shape index (κ3) is 4.48. The molecule has 1 aromatic rings. The van der Waals surface area contributed by atoms with Crippen LogP contribution in [-0.2, 0) is 11.2 Å². The average molecular weight is 346 g/mol. The second-order valence-corrected chi connectivity index (χ2v) is 5.95. The number of piperazine rings is 1. The number of rotatable bonds is 4. The first-order valence-electron chi connectivity index (χ1n) is 6.49.